The van der Waals surface area contributed by atoms with Crippen LogP contribution in [0.5, 0.6) is 5.75 Å². The van der Waals surface area contributed by atoms with Crippen LogP contribution in [-0.4, -0.2) is 26.2 Å². The summed E-state index contributed by atoms with van der Waals surface area (Å²) >= 11 is 0. The fraction of sp³-hybridized carbons (Fsp3) is 0.400. The molecule has 0 atom stereocenters. The maximum absolute atomic E-state index is 5.72. The minimum atomic E-state index is 0.484. The van der Waals surface area contributed by atoms with Crippen LogP contribution in [0, 0.1) is 0 Å². The van der Waals surface area contributed by atoms with Gasteiger partial charge in [0.1, 0.15) is 5.75 Å². The zero-order valence-corrected chi connectivity index (χ0v) is 11.8. The molecule has 0 bridgehead atoms. The monoisotopic (exact) mass is 261 g/mol. The predicted octanol–water partition coefficient (Wildman–Crippen LogP) is 2.11. The molecule has 4 heteroatoms. The Morgan fingerprint density at radius 2 is 2.05 bits per heavy atom. The number of hydrogen-bond acceptors (Lipinski definition) is 2. The van der Waals surface area contributed by atoms with Gasteiger partial charge in [0.05, 0.1) is 13.7 Å². The summed E-state index contributed by atoms with van der Waals surface area (Å²) in [6.07, 6.45) is 2.01. The van der Waals surface area contributed by atoms with Crippen molar-refractivity contribution < 1.29 is 4.74 Å². The lowest BCUT2D eigenvalue weighted by molar-refractivity contribution is 0.414. The van der Waals surface area contributed by atoms with Crippen LogP contribution < -0.4 is 15.8 Å². The molecule has 1 aromatic rings. The number of hydrogen-bond donors (Lipinski definition) is 2. The fourth-order valence-corrected chi connectivity index (χ4v) is 1.58. The van der Waals surface area contributed by atoms with Gasteiger partial charge in [-0.3, -0.25) is 0 Å². The van der Waals surface area contributed by atoms with Crippen molar-refractivity contribution in [2.45, 2.75) is 19.8 Å². The van der Waals surface area contributed by atoms with Crippen LogP contribution in [0.15, 0.2) is 41.4 Å². The average molecular weight is 261 g/mol. The van der Waals surface area contributed by atoms with E-state index in [1.165, 1.54) is 5.56 Å². The molecule has 0 heterocycles. The van der Waals surface area contributed by atoms with Crippen LogP contribution in [0.1, 0.15) is 18.9 Å². The van der Waals surface area contributed by atoms with Crippen molar-refractivity contribution in [3.05, 3.63) is 42.0 Å². The molecule has 1 rings (SSSR count). The van der Waals surface area contributed by atoms with Gasteiger partial charge in [-0.2, -0.15) is 0 Å². The van der Waals surface area contributed by atoms with Crippen LogP contribution in [-0.2, 0) is 6.42 Å². The lowest BCUT2D eigenvalue weighted by Gasteiger charge is -2.06. The second-order valence-electron chi connectivity index (χ2n) is 4.54. The third-order valence-corrected chi connectivity index (χ3v) is 2.63. The summed E-state index contributed by atoms with van der Waals surface area (Å²) in [5.74, 6) is 1.37. The van der Waals surface area contributed by atoms with Crippen molar-refractivity contribution in [2.75, 3.05) is 20.2 Å². The number of nitrogens with zero attached hydrogens (tertiary/aromatic N) is 1. The molecule has 19 heavy (non-hydrogen) atoms. The Labute approximate surface area is 115 Å². The molecule has 4 nitrogen and oxygen atoms in total. The molecule has 3 N–H and O–H groups in total. The van der Waals surface area contributed by atoms with Gasteiger partial charge in [-0.1, -0.05) is 24.3 Å². The Kier molecular flexibility index (Phi) is 6.50. The minimum absolute atomic E-state index is 0.484. The molecule has 0 aliphatic heterocycles. The van der Waals surface area contributed by atoms with Crippen LogP contribution in [0.4, 0.5) is 0 Å². The molecule has 0 amide bonds. The lowest BCUT2D eigenvalue weighted by Crippen LogP contribution is -2.32. The summed E-state index contributed by atoms with van der Waals surface area (Å²) in [6, 6.07) is 8.12. The summed E-state index contributed by atoms with van der Waals surface area (Å²) in [5.41, 5.74) is 8.02. The van der Waals surface area contributed by atoms with Gasteiger partial charge in [0, 0.05) is 6.54 Å². The van der Waals surface area contributed by atoms with E-state index in [4.69, 9.17) is 10.5 Å². The molecule has 0 saturated heterocycles. The van der Waals surface area contributed by atoms with Gasteiger partial charge in [0.15, 0.2) is 5.96 Å². The summed E-state index contributed by atoms with van der Waals surface area (Å²) in [4.78, 5) is 4.16. The van der Waals surface area contributed by atoms with Gasteiger partial charge < -0.3 is 15.8 Å². The van der Waals surface area contributed by atoms with Crippen molar-refractivity contribution >= 4 is 5.96 Å². The van der Waals surface area contributed by atoms with Crippen LogP contribution in [0.25, 0.3) is 0 Å². The molecular formula is C15H23N3O. The molecule has 1 aromatic carbocycles. The van der Waals surface area contributed by atoms with Crippen LogP contribution >= 0.6 is 0 Å². The van der Waals surface area contributed by atoms with Crippen LogP contribution in [0.2, 0.25) is 0 Å². The highest BCUT2D eigenvalue weighted by molar-refractivity contribution is 5.77. The number of guanidine groups is 1. The van der Waals surface area contributed by atoms with Gasteiger partial charge in [0.25, 0.3) is 0 Å². The second kappa shape index (κ2) is 8.19. The number of rotatable bonds is 7. The second-order valence-corrected chi connectivity index (χ2v) is 4.54. The van der Waals surface area contributed by atoms with Crippen molar-refractivity contribution in [1.29, 1.82) is 0 Å². The smallest absolute Gasteiger partial charge is 0.188 e. The number of benzene rings is 1. The number of aliphatic imine (C=N–C) groups is 1. The maximum atomic E-state index is 5.72. The lowest BCUT2D eigenvalue weighted by atomic mass is 10.1. The van der Waals surface area contributed by atoms with E-state index in [2.05, 4.69) is 29.0 Å². The van der Waals surface area contributed by atoms with E-state index in [0.717, 1.165) is 30.7 Å². The summed E-state index contributed by atoms with van der Waals surface area (Å²) in [7, 11) is 1.67. The van der Waals surface area contributed by atoms with E-state index in [1.807, 2.05) is 19.1 Å². The summed E-state index contributed by atoms with van der Waals surface area (Å²) in [5, 5.41) is 3.09. The highest BCUT2D eigenvalue weighted by Gasteiger charge is 1.96. The molecule has 104 valence electrons. The van der Waals surface area contributed by atoms with Gasteiger partial charge in [-0.05, 0) is 37.5 Å². The van der Waals surface area contributed by atoms with Crippen molar-refractivity contribution in [3.8, 4) is 5.75 Å². The Hall–Kier alpha value is -1.97. The molecule has 0 saturated carbocycles. The molecule has 0 fully saturated rings. The third-order valence-electron chi connectivity index (χ3n) is 2.63. The number of nitrogens with two attached hydrogens (primary N) is 1. The van der Waals surface area contributed by atoms with Crippen molar-refractivity contribution in [3.63, 3.8) is 0 Å². The van der Waals surface area contributed by atoms with E-state index >= 15 is 0 Å². The number of ether oxygens (including phenoxy) is 1. The summed E-state index contributed by atoms with van der Waals surface area (Å²) in [6.45, 7) is 7.11. The highest BCUT2D eigenvalue weighted by Crippen LogP contribution is 2.12. The van der Waals surface area contributed by atoms with E-state index < -0.39 is 0 Å². The Bertz CT molecular complexity index is 424. The normalized spacial score (nSPS) is 11.2. The Morgan fingerprint density at radius 1 is 1.37 bits per heavy atom. The first-order chi connectivity index (χ1) is 9.11. The zero-order valence-electron chi connectivity index (χ0n) is 11.8. The molecule has 0 aromatic heterocycles. The van der Waals surface area contributed by atoms with E-state index in [1.54, 1.807) is 7.11 Å². The standard InChI is InChI=1S/C15H23N3O/c1-12(2)11-18-15(16)17-10-4-5-13-6-8-14(19-3)9-7-13/h6-9H,1,4-5,10-11H2,2-3H3,(H3,16,17,18). The molecule has 0 aliphatic rings. The zero-order chi connectivity index (χ0) is 14.1. The Morgan fingerprint density at radius 3 is 2.63 bits per heavy atom. The number of methoxy groups -OCH3 is 1. The maximum Gasteiger partial charge on any atom is 0.188 e. The largest absolute Gasteiger partial charge is 0.497 e. The SMILES string of the molecule is C=C(C)CN=C(N)NCCCc1ccc(OC)cc1. The molecule has 0 aliphatic carbocycles. The molecule has 0 spiro atoms. The Balaban J connectivity index is 2.23. The molecule has 0 unspecified atom stereocenters. The van der Waals surface area contributed by atoms with Gasteiger partial charge in [-0.15, -0.1) is 0 Å². The molecular weight excluding hydrogens is 238 g/mol. The van der Waals surface area contributed by atoms with E-state index in [-0.39, 0.29) is 0 Å². The van der Waals surface area contributed by atoms with Gasteiger partial charge in [0.2, 0.25) is 0 Å². The first-order valence-corrected chi connectivity index (χ1v) is 6.43. The third kappa shape index (κ3) is 6.50. The first kappa shape index (κ1) is 15.1. The molecule has 0 radical (unpaired) electrons. The highest BCUT2D eigenvalue weighted by atomic mass is 16.5. The minimum Gasteiger partial charge on any atom is -0.497 e. The van der Waals surface area contributed by atoms with Crippen molar-refractivity contribution in [2.24, 2.45) is 10.7 Å². The number of nitrogens with one attached hydrogen (secondary N) is 1. The number of aryl methyl sites for hydroxylation is 1. The van der Waals surface area contributed by atoms with Gasteiger partial charge >= 0.3 is 0 Å². The van der Waals surface area contributed by atoms with Crippen molar-refractivity contribution in [1.82, 2.24) is 5.32 Å². The predicted molar refractivity (Wildman–Crippen MR) is 80.6 cm³/mol. The first-order valence-electron chi connectivity index (χ1n) is 6.43. The van der Waals surface area contributed by atoms with E-state index in [0.29, 0.717) is 12.5 Å². The van der Waals surface area contributed by atoms with E-state index in [9.17, 15) is 0 Å². The summed E-state index contributed by atoms with van der Waals surface area (Å²) < 4.78 is 5.12. The van der Waals surface area contributed by atoms with Gasteiger partial charge in [-0.25, -0.2) is 4.99 Å². The van der Waals surface area contributed by atoms with Crippen LogP contribution in [0.3, 0.4) is 0 Å². The quantitative estimate of drug-likeness (QED) is 0.342. The fourth-order valence-electron chi connectivity index (χ4n) is 1.58. The topological polar surface area (TPSA) is 59.6 Å². The average Bonchev–Trinajstić information content (AvgIpc) is 2.42.